The number of ketones is 1. The number of benzene rings is 1. The first-order chi connectivity index (χ1) is 24.0. The van der Waals surface area contributed by atoms with Crippen molar-refractivity contribution in [3.8, 4) is 0 Å². The first-order valence-electron chi connectivity index (χ1n) is 18.4. The molecule has 0 radical (unpaired) electrons. The van der Waals surface area contributed by atoms with Crippen LogP contribution in [0, 0.1) is 28.1 Å². The fourth-order valence-electron chi connectivity index (χ4n) is 6.41. The van der Waals surface area contributed by atoms with Crippen molar-refractivity contribution in [2.75, 3.05) is 6.54 Å². The summed E-state index contributed by atoms with van der Waals surface area (Å²) < 4.78 is 5.79. The van der Waals surface area contributed by atoms with Gasteiger partial charge in [0.15, 0.2) is 0 Å². The number of hydrogen-bond acceptors (Lipinski definition) is 7. The van der Waals surface area contributed by atoms with Crippen molar-refractivity contribution in [3.05, 3.63) is 48.6 Å². The SMILES string of the molecule is C=CC(C)(C)[C@@H]1C[C@@H](C(=O)NC(CC2CC2)C(=O)C(N)=O)N(C(=O)[C@@H](NC(=O)N[C@@H](CCC(C)(C)C)C(=O)O[C@@H](C)c2ccccc2)C(C)(C)C)C1. The average molecular weight is 724 g/mol. The molecule has 0 aromatic heterocycles. The van der Waals surface area contributed by atoms with Gasteiger partial charge >= 0.3 is 12.0 Å². The summed E-state index contributed by atoms with van der Waals surface area (Å²) in [5.74, 6) is -3.60. The van der Waals surface area contributed by atoms with Gasteiger partial charge < -0.3 is 31.3 Å². The van der Waals surface area contributed by atoms with Gasteiger partial charge in [0.2, 0.25) is 17.6 Å². The second kappa shape index (κ2) is 17.1. The fourth-order valence-corrected chi connectivity index (χ4v) is 6.41. The highest BCUT2D eigenvalue weighted by Gasteiger charge is 2.48. The van der Waals surface area contributed by atoms with Crippen LogP contribution in [0.25, 0.3) is 0 Å². The zero-order valence-corrected chi connectivity index (χ0v) is 32.5. The maximum absolute atomic E-state index is 14.5. The molecule has 2 aliphatic rings. The number of allylic oxidation sites excluding steroid dienone is 1. The van der Waals surface area contributed by atoms with E-state index in [9.17, 15) is 28.8 Å². The van der Waals surface area contributed by atoms with Gasteiger partial charge in [-0.05, 0) is 66.3 Å². The zero-order valence-electron chi connectivity index (χ0n) is 32.5. The first-order valence-corrected chi connectivity index (χ1v) is 18.4. The Morgan fingerprint density at radius 1 is 0.942 bits per heavy atom. The lowest BCUT2D eigenvalue weighted by atomic mass is 9.77. The smallest absolute Gasteiger partial charge is 0.329 e. The Hall–Kier alpha value is -4.22. The number of nitrogens with one attached hydrogen (secondary N) is 3. The van der Waals surface area contributed by atoms with Crippen LogP contribution >= 0.6 is 0 Å². The lowest BCUT2D eigenvalue weighted by Gasteiger charge is -2.36. The molecule has 6 atom stereocenters. The third-order valence-corrected chi connectivity index (χ3v) is 10.3. The Labute approximate surface area is 309 Å². The molecule has 12 heteroatoms. The van der Waals surface area contributed by atoms with Crippen LogP contribution in [-0.2, 0) is 28.7 Å². The summed E-state index contributed by atoms with van der Waals surface area (Å²) >= 11 is 0. The van der Waals surface area contributed by atoms with Crippen molar-refractivity contribution in [2.45, 2.75) is 131 Å². The lowest BCUT2D eigenvalue weighted by molar-refractivity contribution is -0.151. The van der Waals surface area contributed by atoms with Gasteiger partial charge in [-0.25, -0.2) is 9.59 Å². The van der Waals surface area contributed by atoms with E-state index >= 15 is 0 Å². The summed E-state index contributed by atoms with van der Waals surface area (Å²) in [5.41, 5.74) is 4.73. The monoisotopic (exact) mass is 723 g/mol. The van der Waals surface area contributed by atoms with E-state index in [1.54, 1.807) is 33.8 Å². The number of carbonyl (C=O) groups excluding carboxylic acids is 6. The van der Waals surface area contributed by atoms with E-state index in [1.165, 1.54) is 4.90 Å². The van der Waals surface area contributed by atoms with Crippen molar-refractivity contribution < 1.29 is 33.5 Å². The van der Waals surface area contributed by atoms with E-state index in [1.807, 2.05) is 65.0 Å². The quantitative estimate of drug-likeness (QED) is 0.106. The number of ether oxygens (including phenoxy) is 1. The predicted octanol–water partition coefficient (Wildman–Crippen LogP) is 4.97. The molecule has 5 amide bonds. The van der Waals surface area contributed by atoms with Crippen LogP contribution in [0.5, 0.6) is 0 Å². The second-order valence-corrected chi connectivity index (χ2v) is 17.5. The van der Waals surface area contributed by atoms with Gasteiger partial charge in [0, 0.05) is 6.54 Å². The molecule has 3 rings (SSSR count). The minimum absolute atomic E-state index is 0.132. The van der Waals surface area contributed by atoms with Crippen LogP contribution in [0.3, 0.4) is 0 Å². The van der Waals surface area contributed by atoms with Gasteiger partial charge in [0.05, 0.1) is 6.04 Å². The number of primary amides is 1. The molecule has 1 heterocycles. The third-order valence-electron chi connectivity index (χ3n) is 10.3. The molecule has 0 spiro atoms. The number of rotatable bonds is 16. The molecular formula is C40H61N5O7. The van der Waals surface area contributed by atoms with Crippen molar-refractivity contribution >= 4 is 35.5 Å². The number of carbonyl (C=O) groups is 6. The Bertz CT molecular complexity index is 1470. The molecule has 1 saturated heterocycles. The number of urea groups is 1. The molecule has 288 valence electrons. The maximum Gasteiger partial charge on any atom is 0.329 e. The molecule has 1 aliphatic heterocycles. The summed E-state index contributed by atoms with van der Waals surface area (Å²) in [6.45, 7) is 21.4. The lowest BCUT2D eigenvalue weighted by Crippen LogP contribution is -2.61. The zero-order chi connectivity index (χ0) is 39.2. The summed E-state index contributed by atoms with van der Waals surface area (Å²) in [6.07, 6.45) is 4.52. The van der Waals surface area contributed by atoms with E-state index in [2.05, 4.69) is 22.5 Å². The van der Waals surface area contributed by atoms with Crippen molar-refractivity contribution in [3.63, 3.8) is 0 Å². The van der Waals surface area contributed by atoms with Crippen LogP contribution in [0.1, 0.15) is 113 Å². The van der Waals surface area contributed by atoms with E-state index in [0.717, 1.165) is 18.4 Å². The Kier molecular flexibility index (Phi) is 13.9. The topological polar surface area (TPSA) is 177 Å². The van der Waals surface area contributed by atoms with Gasteiger partial charge in [-0.3, -0.25) is 19.2 Å². The van der Waals surface area contributed by atoms with Crippen LogP contribution < -0.4 is 21.7 Å². The Morgan fingerprint density at radius 3 is 2.08 bits per heavy atom. The third kappa shape index (κ3) is 11.9. The molecule has 1 saturated carbocycles. The molecule has 2 fully saturated rings. The van der Waals surface area contributed by atoms with E-state index < -0.39 is 76.6 Å². The van der Waals surface area contributed by atoms with Crippen molar-refractivity contribution in [2.24, 2.45) is 33.8 Å². The highest BCUT2D eigenvalue weighted by atomic mass is 16.5. The first kappa shape index (κ1) is 42.2. The van der Waals surface area contributed by atoms with Crippen LogP contribution in [0.2, 0.25) is 0 Å². The predicted molar refractivity (Wildman–Crippen MR) is 199 cm³/mol. The fraction of sp³-hybridized carbons (Fsp3) is 0.650. The number of Topliss-reactive ketones (excluding diaryl/α,β-unsaturated/α-hetero) is 1. The summed E-state index contributed by atoms with van der Waals surface area (Å²) in [4.78, 5) is 81.7. The van der Waals surface area contributed by atoms with Crippen molar-refractivity contribution in [1.82, 2.24) is 20.9 Å². The molecule has 5 N–H and O–H groups in total. The average Bonchev–Trinajstić information content (AvgIpc) is 3.76. The Balaban J connectivity index is 1.86. The minimum Gasteiger partial charge on any atom is -0.456 e. The number of amides is 5. The van der Waals surface area contributed by atoms with Crippen LogP contribution in [-0.4, -0.2) is 71.1 Å². The second-order valence-electron chi connectivity index (χ2n) is 17.5. The van der Waals surface area contributed by atoms with Gasteiger partial charge in [-0.1, -0.05) is 105 Å². The summed E-state index contributed by atoms with van der Waals surface area (Å²) in [5, 5.41) is 8.33. The number of esters is 1. The van der Waals surface area contributed by atoms with Crippen LogP contribution in [0.4, 0.5) is 4.79 Å². The van der Waals surface area contributed by atoms with Gasteiger partial charge in [0.1, 0.15) is 24.2 Å². The largest absolute Gasteiger partial charge is 0.456 e. The molecule has 12 nitrogen and oxygen atoms in total. The van der Waals surface area contributed by atoms with Gasteiger partial charge in [0.25, 0.3) is 5.91 Å². The van der Waals surface area contributed by atoms with Gasteiger partial charge in [-0.2, -0.15) is 0 Å². The summed E-state index contributed by atoms with van der Waals surface area (Å²) in [6, 6.07) is 4.41. The van der Waals surface area contributed by atoms with E-state index in [-0.39, 0.29) is 30.2 Å². The standard InChI is InChI=1S/C40H61N5O7/c1-11-40(9,10)27-22-30(34(48)42-29(21-25-17-18-25)31(46)33(41)47)45(23-27)35(49)32(39(6,7)8)44-37(51)43-28(19-20-38(3,4)5)36(50)52-24(2)26-15-13-12-14-16-26/h11-16,24-25,27-30,32H,1,17-23H2,2-10H3,(H2,41,47)(H,42,48)(H2,43,44,51)/t24-,27+,28-,29?,30-,32+/m0/s1. The maximum atomic E-state index is 14.5. The molecule has 1 unspecified atom stereocenters. The highest BCUT2D eigenvalue weighted by molar-refractivity contribution is 6.37. The van der Waals surface area contributed by atoms with E-state index in [4.69, 9.17) is 10.5 Å². The molecule has 52 heavy (non-hydrogen) atoms. The van der Waals surface area contributed by atoms with Crippen molar-refractivity contribution in [1.29, 1.82) is 0 Å². The highest BCUT2D eigenvalue weighted by Crippen LogP contribution is 2.40. The molecule has 1 aromatic rings. The molecule has 0 bridgehead atoms. The number of likely N-dealkylation sites (tertiary alicyclic amines) is 1. The normalized spacial score (nSPS) is 20.1. The Morgan fingerprint density at radius 2 is 1.56 bits per heavy atom. The van der Waals surface area contributed by atoms with Gasteiger partial charge in [-0.15, -0.1) is 6.58 Å². The number of nitrogens with two attached hydrogens (primary N) is 1. The number of nitrogens with zero attached hydrogens (tertiary/aromatic N) is 1. The molecule has 1 aromatic carbocycles. The van der Waals surface area contributed by atoms with E-state index in [0.29, 0.717) is 19.3 Å². The number of hydrogen-bond donors (Lipinski definition) is 4. The summed E-state index contributed by atoms with van der Waals surface area (Å²) in [7, 11) is 0. The van der Waals surface area contributed by atoms with Crippen LogP contribution in [0.15, 0.2) is 43.0 Å². The molecule has 1 aliphatic carbocycles. The molecular weight excluding hydrogens is 662 g/mol. The minimum atomic E-state index is -1.13.